The third kappa shape index (κ3) is 3.68. The normalized spacial score (nSPS) is 17.7. The molecule has 3 aromatic rings. The summed E-state index contributed by atoms with van der Waals surface area (Å²) >= 11 is 0. The van der Waals surface area contributed by atoms with E-state index >= 15 is 0 Å². The van der Waals surface area contributed by atoms with Gasteiger partial charge in [0.2, 0.25) is 0 Å². The number of ether oxygens (including phenoxy) is 1. The van der Waals surface area contributed by atoms with E-state index in [0.29, 0.717) is 29.2 Å². The van der Waals surface area contributed by atoms with E-state index < -0.39 is 17.7 Å². The molecule has 156 valence electrons. The number of hydrogen-bond acceptors (Lipinski definition) is 5. The number of Topliss-reactive ketones (excluding diaryl/α,β-unsaturated/α-hetero) is 1. The molecule has 2 aromatic carbocycles. The van der Waals surface area contributed by atoms with Crippen molar-refractivity contribution in [2.45, 2.75) is 19.9 Å². The first-order chi connectivity index (χ1) is 15.0. The van der Waals surface area contributed by atoms with Gasteiger partial charge in [-0.3, -0.25) is 19.5 Å². The molecule has 1 aliphatic rings. The molecule has 6 heteroatoms. The molecule has 1 saturated heterocycles. The molecule has 4 rings (SSSR count). The van der Waals surface area contributed by atoms with Crippen LogP contribution in [0.5, 0.6) is 5.75 Å². The smallest absolute Gasteiger partial charge is 0.300 e. The second-order valence-electron chi connectivity index (χ2n) is 7.20. The lowest BCUT2D eigenvalue weighted by atomic mass is 9.95. The van der Waals surface area contributed by atoms with Crippen LogP contribution in [0.2, 0.25) is 0 Å². The lowest BCUT2D eigenvalue weighted by molar-refractivity contribution is -0.132. The fraction of sp³-hybridized carbons (Fsp3) is 0.160. The van der Waals surface area contributed by atoms with Gasteiger partial charge in [-0.2, -0.15) is 0 Å². The SMILES string of the molecule is CCOc1ccc(/C(O)=C2/C(=O)C(=O)N(c3ccccc3)C2c2cccnc2)cc1C. The van der Waals surface area contributed by atoms with Crippen LogP contribution >= 0.6 is 0 Å². The van der Waals surface area contributed by atoms with E-state index in [4.69, 9.17) is 4.74 Å². The Morgan fingerprint density at radius 1 is 1.10 bits per heavy atom. The van der Waals surface area contributed by atoms with Crippen LogP contribution in [-0.4, -0.2) is 28.4 Å². The summed E-state index contributed by atoms with van der Waals surface area (Å²) in [4.78, 5) is 31.7. The van der Waals surface area contributed by atoms with Crippen molar-refractivity contribution in [1.82, 2.24) is 4.98 Å². The summed E-state index contributed by atoms with van der Waals surface area (Å²) in [6.07, 6.45) is 3.22. The topological polar surface area (TPSA) is 79.7 Å². The molecule has 2 heterocycles. The van der Waals surface area contributed by atoms with E-state index in [2.05, 4.69) is 4.98 Å². The Balaban J connectivity index is 1.89. The highest BCUT2D eigenvalue weighted by Gasteiger charge is 2.47. The Morgan fingerprint density at radius 2 is 1.87 bits per heavy atom. The van der Waals surface area contributed by atoms with Crippen LogP contribution in [0.4, 0.5) is 5.69 Å². The third-order valence-electron chi connectivity index (χ3n) is 5.23. The molecule has 0 bridgehead atoms. The van der Waals surface area contributed by atoms with Crippen molar-refractivity contribution in [3.05, 3.63) is 95.3 Å². The first-order valence-corrected chi connectivity index (χ1v) is 10.0. The first kappa shape index (κ1) is 20.3. The molecule has 1 aliphatic heterocycles. The van der Waals surface area contributed by atoms with Crippen LogP contribution in [0.25, 0.3) is 5.76 Å². The number of anilines is 1. The molecule has 0 aliphatic carbocycles. The highest BCUT2D eigenvalue weighted by molar-refractivity contribution is 6.51. The molecular formula is C25H22N2O4. The van der Waals surface area contributed by atoms with Crippen LogP contribution < -0.4 is 9.64 Å². The largest absolute Gasteiger partial charge is 0.507 e. The number of pyridine rings is 1. The van der Waals surface area contributed by atoms with Crippen LogP contribution in [-0.2, 0) is 9.59 Å². The van der Waals surface area contributed by atoms with Gasteiger partial charge in [0.25, 0.3) is 11.7 Å². The molecule has 6 nitrogen and oxygen atoms in total. The molecule has 0 spiro atoms. The molecule has 0 radical (unpaired) electrons. The summed E-state index contributed by atoms with van der Waals surface area (Å²) < 4.78 is 5.57. The van der Waals surface area contributed by atoms with Crippen molar-refractivity contribution >= 4 is 23.1 Å². The Bertz CT molecular complexity index is 1160. The zero-order chi connectivity index (χ0) is 22.0. The number of aromatic nitrogens is 1. The first-order valence-electron chi connectivity index (χ1n) is 10.0. The molecule has 1 atom stereocenters. The quantitative estimate of drug-likeness (QED) is 0.380. The van der Waals surface area contributed by atoms with Gasteiger partial charge in [0.15, 0.2) is 0 Å². The molecule has 31 heavy (non-hydrogen) atoms. The standard InChI is InChI=1S/C25H22N2O4/c1-3-31-20-12-11-17(14-16(20)2)23(28)21-22(18-8-7-13-26-15-18)27(25(30)24(21)29)19-9-5-4-6-10-19/h4-15,22,28H,3H2,1-2H3/b23-21-. The van der Waals surface area contributed by atoms with E-state index in [-0.39, 0.29) is 11.3 Å². The highest BCUT2D eigenvalue weighted by atomic mass is 16.5. The van der Waals surface area contributed by atoms with Crippen molar-refractivity contribution in [3.8, 4) is 5.75 Å². The number of aliphatic hydroxyl groups excluding tert-OH is 1. The minimum atomic E-state index is -0.789. The minimum absolute atomic E-state index is 0.0328. The lowest BCUT2D eigenvalue weighted by Crippen LogP contribution is -2.29. The van der Waals surface area contributed by atoms with Crippen LogP contribution in [0.3, 0.4) is 0 Å². The number of aryl methyl sites for hydroxylation is 1. The van der Waals surface area contributed by atoms with Gasteiger partial charge in [-0.15, -0.1) is 0 Å². The Kier molecular flexibility index (Phi) is 5.54. The van der Waals surface area contributed by atoms with Crippen LogP contribution in [0.15, 0.2) is 78.6 Å². The number of benzene rings is 2. The number of amides is 1. The van der Waals surface area contributed by atoms with E-state index in [1.807, 2.05) is 19.9 Å². The maximum atomic E-state index is 13.1. The third-order valence-corrected chi connectivity index (χ3v) is 5.23. The van der Waals surface area contributed by atoms with Gasteiger partial charge in [-0.25, -0.2) is 0 Å². The van der Waals surface area contributed by atoms with Crippen molar-refractivity contribution in [1.29, 1.82) is 0 Å². The minimum Gasteiger partial charge on any atom is -0.507 e. The lowest BCUT2D eigenvalue weighted by Gasteiger charge is -2.25. The van der Waals surface area contributed by atoms with Crippen LogP contribution in [0, 0.1) is 6.92 Å². The maximum absolute atomic E-state index is 13.1. The number of carbonyl (C=O) groups excluding carboxylic acids is 2. The van der Waals surface area contributed by atoms with Crippen LogP contribution in [0.1, 0.15) is 29.7 Å². The average molecular weight is 414 g/mol. The molecule has 1 N–H and O–H groups in total. The van der Waals surface area contributed by atoms with E-state index in [9.17, 15) is 14.7 Å². The molecule has 1 amide bonds. The van der Waals surface area contributed by atoms with Gasteiger partial charge < -0.3 is 9.84 Å². The molecular weight excluding hydrogens is 392 g/mol. The van der Waals surface area contributed by atoms with Crippen molar-refractivity contribution in [2.75, 3.05) is 11.5 Å². The predicted octanol–water partition coefficient (Wildman–Crippen LogP) is 4.42. The molecule has 1 aromatic heterocycles. The Labute approximate surface area is 180 Å². The van der Waals surface area contributed by atoms with E-state index in [0.717, 1.165) is 5.56 Å². The number of ketones is 1. The van der Waals surface area contributed by atoms with Gasteiger partial charge in [0.05, 0.1) is 18.2 Å². The maximum Gasteiger partial charge on any atom is 0.300 e. The summed E-state index contributed by atoms with van der Waals surface area (Å²) in [5.74, 6) is -0.949. The number of aliphatic hydroxyl groups is 1. The van der Waals surface area contributed by atoms with Gasteiger partial charge in [-0.05, 0) is 61.4 Å². The number of carbonyl (C=O) groups is 2. The summed E-state index contributed by atoms with van der Waals surface area (Å²) in [5, 5.41) is 11.2. The van der Waals surface area contributed by atoms with Crippen molar-refractivity contribution < 1.29 is 19.4 Å². The molecule has 1 unspecified atom stereocenters. The van der Waals surface area contributed by atoms with Gasteiger partial charge in [-0.1, -0.05) is 24.3 Å². The summed E-state index contributed by atoms with van der Waals surface area (Å²) in [6.45, 7) is 4.28. The monoisotopic (exact) mass is 414 g/mol. The van der Waals surface area contributed by atoms with Crippen molar-refractivity contribution in [2.24, 2.45) is 0 Å². The van der Waals surface area contributed by atoms with Gasteiger partial charge in [0, 0.05) is 23.6 Å². The molecule has 1 fully saturated rings. The highest BCUT2D eigenvalue weighted by Crippen LogP contribution is 2.42. The van der Waals surface area contributed by atoms with E-state index in [1.165, 1.54) is 4.90 Å². The zero-order valence-corrected chi connectivity index (χ0v) is 17.3. The number of hydrogen-bond donors (Lipinski definition) is 1. The summed E-state index contributed by atoms with van der Waals surface area (Å²) in [7, 11) is 0. The van der Waals surface area contributed by atoms with Crippen molar-refractivity contribution in [3.63, 3.8) is 0 Å². The van der Waals surface area contributed by atoms with Gasteiger partial charge in [0.1, 0.15) is 11.5 Å². The zero-order valence-electron chi connectivity index (χ0n) is 17.3. The second-order valence-corrected chi connectivity index (χ2v) is 7.20. The average Bonchev–Trinajstić information content (AvgIpc) is 3.06. The number of para-hydroxylation sites is 1. The number of nitrogens with zero attached hydrogens (tertiary/aromatic N) is 2. The number of rotatable bonds is 5. The van der Waals surface area contributed by atoms with E-state index in [1.54, 1.807) is 67.0 Å². The fourth-order valence-electron chi connectivity index (χ4n) is 3.81. The fourth-order valence-corrected chi connectivity index (χ4v) is 3.81. The summed E-state index contributed by atoms with van der Waals surface area (Å²) in [6, 6.07) is 16.9. The Morgan fingerprint density at radius 3 is 2.52 bits per heavy atom. The Hall–Kier alpha value is -3.93. The molecule has 0 saturated carbocycles. The predicted molar refractivity (Wildman–Crippen MR) is 118 cm³/mol. The second kappa shape index (κ2) is 8.44. The van der Waals surface area contributed by atoms with Gasteiger partial charge >= 0.3 is 0 Å². The summed E-state index contributed by atoms with van der Waals surface area (Å²) in [5.41, 5.74) is 2.50.